The Morgan fingerprint density at radius 3 is 2.40 bits per heavy atom. The van der Waals surface area contributed by atoms with Crippen LogP contribution in [-0.4, -0.2) is 38.8 Å². The van der Waals surface area contributed by atoms with Crippen molar-refractivity contribution < 1.29 is 9.90 Å². The van der Waals surface area contributed by atoms with Gasteiger partial charge in [0.15, 0.2) is 0 Å². The molecule has 2 fully saturated rings. The minimum atomic E-state index is -0.607. The zero-order valence-corrected chi connectivity index (χ0v) is 16.4. The first-order valence-electron chi connectivity index (χ1n) is 9.64. The number of carbonyl (C=O) groups is 1. The maximum atomic E-state index is 11.1. The number of rotatable bonds is 4. The van der Waals surface area contributed by atoms with E-state index in [1.807, 2.05) is 0 Å². The molecule has 3 rings (SSSR count). The molecule has 1 aromatic heterocycles. The number of hydrogen-bond acceptors (Lipinski definition) is 3. The molecular weight excluding hydrogens is 314 g/mol. The SMILES string of the molecule is CC(C)c1nn(C(C)(C)C)cc1CN1CCC2(CC1)CC(C(=O)O)C2. The molecular formula is C20H33N3O2. The van der Waals surface area contributed by atoms with Crippen molar-refractivity contribution in [3.05, 3.63) is 17.5 Å². The van der Waals surface area contributed by atoms with Gasteiger partial charge in [0.1, 0.15) is 0 Å². The van der Waals surface area contributed by atoms with Gasteiger partial charge in [-0.1, -0.05) is 13.8 Å². The molecule has 1 saturated carbocycles. The van der Waals surface area contributed by atoms with E-state index in [2.05, 4.69) is 50.4 Å². The first kappa shape index (κ1) is 18.4. The largest absolute Gasteiger partial charge is 0.481 e. The molecule has 0 atom stereocenters. The Balaban J connectivity index is 1.63. The highest BCUT2D eigenvalue weighted by Gasteiger charge is 2.48. The smallest absolute Gasteiger partial charge is 0.306 e. The summed E-state index contributed by atoms with van der Waals surface area (Å²) >= 11 is 0. The maximum Gasteiger partial charge on any atom is 0.306 e. The Hall–Kier alpha value is -1.36. The van der Waals surface area contributed by atoms with Crippen molar-refractivity contribution in [3.8, 4) is 0 Å². The first-order valence-corrected chi connectivity index (χ1v) is 9.64. The molecule has 140 valence electrons. The molecule has 1 aliphatic carbocycles. The molecule has 2 heterocycles. The fourth-order valence-corrected chi connectivity index (χ4v) is 4.37. The predicted octanol–water partition coefficient (Wildman–Crippen LogP) is 3.84. The summed E-state index contributed by atoms with van der Waals surface area (Å²) in [5.74, 6) is -0.272. The molecule has 0 bridgehead atoms. The standard InChI is InChI=1S/C20H33N3O2/c1-14(2)17-16(13-23(21-17)19(3,4)5)12-22-8-6-20(7-9-22)10-15(11-20)18(24)25/h13-15H,6-12H2,1-5H3,(H,24,25). The second kappa shape index (κ2) is 6.42. The lowest BCUT2D eigenvalue weighted by molar-refractivity contribution is -0.152. The van der Waals surface area contributed by atoms with E-state index in [9.17, 15) is 4.79 Å². The number of piperidine rings is 1. The number of carboxylic acids is 1. The number of carboxylic acid groups (broad SMARTS) is 1. The van der Waals surface area contributed by atoms with Crippen LogP contribution in [0, 0.1) is 11.3 Å². The molecule has 5 heteroatoms. The van der Waals surface area contributed by atoms with E-state index in [1.165, 1.54) is 11.3 Å². The summed E-state index contributed by atoms with van der Waals surface area (Å²) in [7, 11) is 0. The van der Waals surface area contributed by atoms with E-state index < -0.39 is 5.97 Å². The van der Waals surface area contributed by atoms with Crippen molar-refractivity contribution in [3.63, 3.8) is 0 Å². The van der Waals surface area contributed by atoms with Gasteiger partial charge in [0.2, 0.25) is 0 Å². The van der Waals surface area contributed by atoms with Gasteiger partial charge in [-0.2, -0.15) is 5.10 Å². The van der Waals surface area contributed by atoms with Crippen LogP contribution in [0.25, 0.3) is 0 Å². The monoisotopic (exact) mass is 347 g/mol. The number of aromatic nitrogens is 2. The molecule has 0 unspecified atom stereocenters. The van der Waals surface area contributed by atoms with Crippen LogP contribution in [0.15, 0.2) is 6.20 Å². The number of hydrogen-bond donors (Lipinski definition) is 1. The van der Waals surface area contributed by atoms with Gasteiger partial charge in [0.25, 0.3) is 0 Å². The van der Waals surface area contributed by atoms with E-state index in [0.717, 1.165) is 45.3 Å². The van der Waals surface area contributed by atoms with Gasteiger partial charge in [0, 0.05) is 18.3 Å². The summed E-state index contributed by atoms with van der Waals surface area (Å²) in [5.41, 5.74) is 2.88. The maximum absolute atomic E-state index is 11.1. The minimum Gasteiger partial charge on any atom is -0.481 e. The van der Waals surface area contributed by atoms with E-state index in [1.54, 1.807) is 0 Å². The normalized spacial score (nSPS) is 21.7. The van der Waals surface area contributed by atoms with Gasteiger partial charge in [-0.3, -0.25) is 14.4 Å². The molecule has 1 saturated heterocycles. The van der Waals surface area contributed by atoms with Crippen LogP contribution in [0.4, 0.5) is 0 Å². The van der Waals surface area contributed by atoms with Crippen molar-refractivity contribution in [1.82, 2.24) is 14.7 Å². The molecule has 25 heavy (non-hydrogen) atoms. The van der Waals surface area contributed by atoms with Gasteiger partial charge in [-0.05, 0) is 70.9 Å². The van der Waals surface area contributed by atoms with Crippen LogP contribution in [0.5, 0.6) is 0 Å². The van der Waals surface area contributed by atoms with E-state index >= 15 is 0 Å². The molecule has 0 aromatic carbocycles. The summed E-state index contributed by atoms with van der Waals surface area (Å²) < 4.78 is 2.10. The summed E-state index contributed by atoms with van der Waals surface area (Å²) in [5, 5.41) is 14.0. The molecule has 0 amide bonds. The second-order valence-electron chi connectivity index (χ2n) is 9.53. The van der Waals surface area contributed by atoms with E-state index in [0.29, 0.717) is 11.3 Å². The summed E-state index contributed by atoms with van der Waals surface area (Å²) in [6.07, 6.45) is 6.27. The molecule has 1 spiro atoms. The molecule has 1 aliphatic heterocycles. The van der Waals surface area contributed by atoms with Crippen molar-refractivity contribution in [2.75, 3.05) is 13.1 Å². The average molecular weight is 348 g/mol. The Morgan fingerprint density at radius 1 is 1.32 bits per heavy atom. The predicted molar refractivity (Wildman–Crippen MR) is 98.6 cm³/mol. The van der Waals surface area contributed by atoms with Crippen LogP contribution in [0.1, 0.15) is 77.5 Å². The van der Waals surface area contributed by atoms with Gasteiger partial charge >= 0.3 is 5.97 Å². The van der Waals surface area contributed by atoms with Gasteiger partial charge in [-0.25, -0.2) is 0 Å². The fraction of sp³-hybridized carbons (Fsp3) is 0.800. The zero-order valence-electron chi connectivity index (χ0n) is 16.4. The summed E-state index contributed by atoms with van der Waals surface area (Å²) in [6, 6.07) is 0. The Bertz CT molecular complexity index is 626. The van der Waals surface area contributed by atoms with Crippen molar-refractivity contribution in [1.29, 1.82) is 0 Å². The Kier molecular flexibility index (Phi) is 4.73. The highest BCUT2D eigenvalue weighted by Crippen LogP contribution is 2.52. The van der Waals surface area contributed by atoms with Crippen molar-refractivity contribution >= 4 is 5.97 Å². The molecule has 0 radical (unpaired) electrons. The van der Waals surface area contributed by atoms with Gasteiger partial charge in [-0.15, -0.1) is 0 Å². The van der Waals surface area contributed by atoms with Crippen LogP contribution in [0.3, 0.4) is 0 Å². The number of likely N-dealkylation sites (tertiary alicyclic amines) is 1. The highest BCUT2D eigenvalue weighted by molar-refractivity contribution is 5.71. The van der Waals surface area contributed by atoms with Crippen LogP contribution < -0.4 is 0 Å². The lowest BCUT2D eigenvalue weighted by Gasteiger charge is -2.51. The van der Waals surface area contributed by atoms with Crippen LogP contribution in [-0.2, 0) is 16.9 Å². The number of aliphatic carboxylic acids is 1. The zero-order chi connectivity index (χ0) is 18.4. The number of nitrogens with zero attached hydrogens (tertiary/aromatic N) is 3. The quantitative estimate of drug-likeness (QED) is 0.899. The lowest BCUT2D eigenvalue weighted by Crippen LogP contribution is -2.48. The summed E-state index contributed by atoms with van der Waals surface area (Å²) in [6.45, 7) is 14.1. The van der Waals surface area contributed by atoms with Gasteiger partial charge in [0.05, 0.1) is 17.2 Å². The Labute approximate surface area is 151 Å². The van der Waals surface area contributed by atoms with Crippen LogP contribution >= 0.6 is 0 Å². The molecule has 1 aromatic rings. The minimum absolute atomic E-state index is 0.00558. The molecule has 1 N–H and O–H groups in total. The highest BCUT2D eigenvalue weighted by atomic mass is 16.4. The van der Waals surface area contributed by atoms with Crippen molar-refractivity contribution in [2.45, 2.75) is 78.3 Å². The van der Waals surface area contributed by atoms with E-state index in [-0.39, 0.29) is 11.5 Å². The van der Waals surface area contributed by atoms with Crippen LogP contribution in [0.2, 0.25) is 0 Å². The first-order chi connectivity index (χ1) is 11.6. The third-order valence-corrected chi connectivity index (χ3v) is 6.08. The molecule has 2 aliphatic rings. The average Bonchev–Trinajstić information content (AvgIpc) is 2.90. The molecule has 5 nitrogen and oxygen atoms in total. The Morgan fingerprint density at radius 2 is 1.92 bits per heavy atom. The third-order valence-electron chi connectivity index (χ3n) is 6.08. The van der Waals surface area contributed by atoms with Crippen molar-refractivity contribution in [2.24, 2.45) is 11.3 Å². The fourth-order valence-electron chi connectivity index (χ4n) is 4.37. The van der Waals surface area contributed by atoms with Gasteiger partial charge < -0.3 is 5.11 Å². The second-order valence-corrected chi connectivity index (χ2v) is 9.53. The summed E-state index contributed by atoms with van der Waals surface area (Å²) in [4.78, 5) is 13.6. The van der Waals surface area contributed by atoms with E-state index in [4.69, 9.17) is 10.2 Å². The topological polar surface area (TPSA) is 58.4 Å². The lowest BCUT2D eigenvalue weighted by atomic mass is 9.57. The third kappa shape index (κ3) is 3.76.